The zero-order valence-electron chi connectivity index (χ0n) is 9.39. The minimum absolute atomic E-state index is 0.225. The molecule has 2 aromatic rings. The Morgan fingerprint density at radius 3 is 3.06 bits per heavy atom. The van der Waals surface area contributed by atoms with Gasteiger partial charge in [-0.25, -0.2) is 0 Å². The van der Waals surface area contributed by atoms with Crippen molar-refractivity contribution >= 4 is 17.4 Å². The minimum atomic E-state index is -1.21. The normalized spacial score (nSPS) is 23.7. The van der Waals surface area contributed by atoms with E-state index in [9.17, 15) is 4.79 Å². The van der Waals surface area contributed by atoms with E-state index in [1.165, 1.54) is 4.63 Å². The summed E-state index contributed by atoms with van der Waals surface area (Å²) in [5.74, 6) is -0.378. The molecule has 0 aromatic carbocycles. The summed E-state index contributed by atoms with van der Waals surface area (Å²) in [6.45, 7) is 0.770. The number of carboxylic acids is 1. The fourth-order valence-corrected chi connectivity index (χ4v) is 2.01. The molecule has 3 N–H and O–H groups in total. The molecule has 94 valence electrons. The molecule has 0 amide bonds. The summed E-state index contributed by atoms with van der Waals surface area (Å²) in [7, 11) is 0. The summed E-state index contributed by atoms with van der Waals surface area (Å²) in [4.78, 5) is 12.9. The summed E-state index contributed by atoms with van der Waals surface area (Å²) >= 11 is 0. The van der Waals surface area contributed by atoms with E-state index < -0.39 is 11.5 Å². The molecule has 3 rings (SSSR count). The van der Waals surface area contributed by atoms with Crippen LogP contribution < -0.4 is 10.6 Å². The molecule has 9 heteroatoms. The van der Waals surface area contributed by atoms with Gasteiger partial charge >= 0.3 is 5.97 Å². The maximum absolute atomic E-state index is 11.1. The molecule has 1 aliphatic heterocycles. The van der Waals surface area contributed by atoms with Crippen LogP contribution in [0.15, 0.2) is 12.1 Å². The third-order valence-electron chi connectivity index (χ3n) is 3.11. The van der Waals surface area contributed by atoms with E-state index in [0.29, 0.717) is 24.4 Å². The van der Waals surface area contributed by atoms with Gasteiger partial charge in [0.15, 0.2) is 11.5 Å². The van der Waals surface area contributed by atoms with Gasteiger partial charge in [0.1, 0.15) is 5.54 Å². The number of aromatic nitrogens is 5. The number of aliphatic carboxylic acids is 1. The number of anilines is 1. The monoisotopic (exact) mass is 249 g/mol. The van der Waals surface area contributed by atoms with Crippen molar-refractivity contribution in [1.82, 2.24) is 25.3 Å². The Bertz CT molecular complexity index is 612. The first-order valence-corrected chi connectivity index (χ1v) is 5.41. The topological polar surface area (TPSA) is 123 Å². The van der Waals surface area contributed by atoms with Gasteiger partial charge < -0.3 is 15.7 Å². The molecular weight excluding hydrogens is 238 g/mol. The quantitative estimate of drug-likeness (QED) is 0.660. The van der Waals surface area contributed by atoms with Gasteiger partial charge in [0.25, 0.3) is 0 Å². The van der Waals surface area contributed by atoms with Crippen molar-refractivity contribution in [3.63, 3.8) is 0 Å². The molecule has 1 unspecified atom stereocenters. The van der Waals surface area contributed by atoms with Crippen LogP contribution in [0.4, 0.5) is 5.82 Å². The van der Waals surface area contributed by atoms with Crippen LogP contribution in [-0.4, -0.2) is 55.0 Å². The molecule has 3 heterocycles. The Hall–Kier alpha value is -2.29. The average molecular weight is 249 g/mol. The zero-order chi connectivity index (χ0) is 12.8. The standard InChI is InChI=1S/C9H11N7O2/c10-9(8(17)18)3-4-15(5-9)7-2-1-6-11-13-14-16(6)12-7/h1-2H,3-5,10H2,(H,17,18). The Labute approximate surface area is 101 Å². The molecular formula is C9H11N7O2. The van der Waals surface area contributed by atoms with Gasteiger partial charge in [-0.15, -0.1) is 14.8 Å². The summed E-state index contributed by atoms with van der Waals surface area (Å²) in [6, 6.07) is 3.47. The smallest absolute Gasteiger partial charge is 0.325 e. The Balaban J connectivity index is 1.90. The number of carbonyl (C=O) groups is 1. The number of tetrazole rings is 1. The first kappa shape index (κ1) is 10.8. The summed E-state index contributed by atoms with van der Waals surface area (Å²) in [5.41, 5.74) is 5.13. The number of carboxylic acid groups (broad SMARTS) is 1. The zero-order valence-corrected chi connectivity index (χ0v) is 9.39. The van der Waals surface area contributed by atoms with Crippen molar-refractivity contribution in [2.24, 2.45) is 5.73 Å². The van der Waals surface area contributed by atoms with Crippen molar-refractivity contribution < 1.29 is 9.90 Å². The van der Waals surface area contributed by atoms with Crippen molar-refractivity contribution in [2.75, 3.05) is 18.0 Å². The lowest BCUT2D eigenvalue weighted by Gasteiger charge is -2.20. The van der Waals surface area contributed by atoms with E-state index in [-0.39, 0.29) is 6.54 Å². The van der Waals surface area contributed by atoms with Crippen LogP contribution >= 0.6 is 0 Å². The number of nitrogens with two attached hydrogens (primary N) is 1. The van der Waals surface area contributed by atoms with Crippen molar-refractivity contribution in [2.45, 2.75) is 12.0 Å². The fourth-order valence-electron chi connectivity index (χ4n) is 2.01. The molecule has 9 nitrogen and oxygen atoms in total. The second kappa shape index (κ2) is 3.60. The molecule has 1 atom stereocenters. The molecule has 18 heavy (non-hydrogen) atoms. The lowest BCUT2D eigenvalue weighted by Crippen LogP contribution is -2.50. The Morgan fingerprint density at radius 2 is 2.33 bits per heavy atom. The van der Waals surface area contributed by atoms with Gasteiger partial charge in [0.2, 0.25) is 0 Å². The van der Waals surface area contributed by atoms with Crippen LogP contribution in [0.2, 0.25) is 0 Å². The maximum atomic E-state index is 11.1. The van der Waals surface area contributed by atoms with Crippen LogP contribution in [-0.2, 0) is 4.79 Å². The highest BCUT2D eigenvalue weighted by Crippen LogP contribution is 2.23. The van der Waals surface area contributed by atoms with E-state index in [1.807, 2.05) is 4.90 Å². The summed E-state index contributed by atoms with van der Waals surface area (Å²) in [5, 5.41) is 24.2. The van der Waals surface area contributed by atoms with Crippen LogP contribution in [0.3, 0.4) is 0 Å². The lowest BCUT2D eigenvalue weighted by atomic mass is 10.0. The highest BCUT2D eigenvalue weighted by Gasteiger charge is 2.41. The molecule has 1 saturated heterocycles. The molecule has 0 saturated carbocycles. The van der Waals surface area contributed by atoms with Gasteiger partial charge in [0.05, 0.1) is 0 Å². The fraction of sp³-hybridized carbons (Fsp3) is 0.444. The highest BCUT2D eigenvalue weighted by molar-refractivity contribution is 5.80. The molecule has 0 spiro atoms. The predicted molar refractivity (Wildman–Crippen MR) is 60.0 cm³/mol. The maximum Gasteiger partial charge on any atom is 0.325 e. The Morgan fingerprint density at radius 1 is 1.50 bits per heavy atom. The first-order chi connectivity index (χ1) is 8.58. The van der Waals surface area contributed by atoms with Crippen LogP contribution in [0.1, 0.15) is 6.42 Å². The second-order valence-electron chi connectivity index (χ2n) is 4.35. The third kappa shape index (κ3) is 1.56. The van der Waals surface area contributed by atoms with Gasteiger partial charge in [0, 0.05) is 13.1 Å². The number of rotatable bonds is 2. The van der Waals surface area contributed by atoms with Crippen LogP contribution in [0, 0.1) is 0 Å². The number of fused-ring (bicyclic) bond motifs is 1. The number of hydrogen-bond acceptors (Lipinski definition) is 7. The van der Waals surface area contributed by atoms with Gasteiger partial charge in [-0.3, -0.25) is 4.79 Å². The SMILES string of the molecule is NC1(C(=O)O)CCN(c2ccc3nnnn3n2)C1. The largest absolute Gasteiger partial charge is 0.480 e. The van der Waals surface area contributed by atoms with Crippen molar-refractivity contribution in [1.29, 1.82) is 0 Å². The van der Waals surface area contributed by atoms with E-state index >= 15 is 0 Å². The minimum Gasteiger partial charge on any atom is -0.480 e. The number of hydrogen-bond donors (Lipinski definition) is 2. The number of nitrogens with zero attached hydrogens (tertiary/aromatic N) is 6. The van der Waals surface area contributed by atoms with Crippen LogP contribution in [0.5, 0.6) is 0 Å². The molecule has 0 aliphatic carbocycles. The van der Waals surface area contributed by atoms with E-state index in [4.69, 9.17) is 10.8 Å². The molecule has 0 bridgehead atoms. The van der Waals surface area contributed by atoms with E-state index in [2.05, 4.69) is 20.6 Å². The molecule has 2 aromatic heterocycles. The summed E-state index contributed by atoms with van der Waals surface area (Å²) < 4.78 is 1.30. The van der Waals surface area contributed by atoms with Gasteiger partial charge in [-0.2, -0.15) is 0 Å². The van der Waals surface area contributed by atoms with Gasteiger partial charge in [-0.05, 0) is 29.0 Å². The molecule has 1 aliphatic rings. The molecule has 0 radical (unpaired) electrons. The van der Waals surface area contributed by atoms with E-state index in [1.54, 1.807) is 12.1 Å². The van der Waals surface area contributed by atoms with Crippen molar-refractivity contribution in [3.05, 3.63) is 12.1 Å². The third-order valence-corrected chi connectivity index (χ3v) is 3.11. The predicted octanol–water partition coefficient (Wildman–Crippen LogP) is -1.49. The first-order valence-electron chi connectivity index (χ1n) is 5.41. The van der Waals surface area contributed by atoms with E-state index in [0.717, 1.165) is 0 Å². The lowest BCUT2D eigenvalue weighted by molar-refractivity contribution is -0.142. The average Bonchev–Trinajstić information content (AvgIpc) is 2.95. The van der Waals surface area contributed by atoms with Crippen molar-refractivity contribution in [3.8, 4) is 0 Å². The molecule has 1 fully saturated rings. The van der Waals surface area contributed by atoms with Gasteiger partial charge in [-0.1, -0.05) is 0 Å². The second-order valence-corrected chi connectivity index (χ2v) is 4.35. The highest BCUT2D eigenvalue weighted by atomic mass is 16.4. The Kier molecular flexibility index (Phi) is 2.17. The van der Waals surface area contributed by atoms with Crippen LogP contribution in [0.25, 0.3) is 5.65 Å². The summed E-state index contributed by atoms with van der Waals surface area (Å²) in [6.07, 6.45) is 0.387.